The third-order valence-corrected chi connectivity index (χ3v) is 5.55. The van der Waals surface area contributed by atoms with Crippen LogP contribution in [0.1, 0.15) is 22.2 Å². The number of rotatable bonds is 9. The van der Waals surface area contributed by atoms with E-state index in [2.05, 4.69) is 26.5 Å². The second-order valence-electron chi connectivity index (χ2n) is 6.16. The predicted octanol–water partition coefficient (Wildman–Crippen LogP) is 5.31. The lowest BCUT2D eigenvalue weighted by atomic mass is 10.2. The van der Waals surface area contributed by atoms with Crippen molar-refractivity contribution in [1.29, 1.82) is 0 Å². The van der Waals surface area contributed by atoms with Crippen molar-refractivity contribution in [3.63, 3.8) is 0 Å². The van der Waals surface area contributed by atoms with E-state index >= 15 is 0 Å². The standard InChI is InChI=1S/C22H18BrClN2O5S/c1-2-29-19-10-14(5-7-18(19)31-22(28)20-4-3-9-32-20)12-25-26-21(27)13-30-17-8-6-15(24)11-16(17)23/h3-12H,2,13H2,1H3,(H,26,27)/b25-12-. The van der Waals surface area contributed by atoms with Crippen molar-refractivity contribution in [3.05, 3.63) is 73.8 Å². The number of ether oxygens (including phenoxy) is 3. The minimum Gasteiger partial charge on any atom is -0.490 e. The van der Waals surface area contributed by atoms with Crippen LogP contribution >= 0.6 is 38.9 Å². The van der Waals surface area contributed by atoms with Crippen molar-refractivity contribution in [2.75, 3.05) is 13.2 Å². The highest BCUT2D eigenvalue weighted by molar-refractivity contribution is 9.10. The summed E-state index contributed by atoms with van der Waals surface area (Å²) in [5, 5.41) is 6.28. The Kier molecular flexibility index (Phi) is 8.66. The molecule has 0 aliphatic heterocycles. The van der Waals surface area contributed by atoms with Crippen LogP contribution in [0.25, 0.3) is 0 Å². The molecule has 0 bridgehead atoms. The number of hydrazone groups is 1. The minimum absolute atomic E-state index is 0.223. The molecule has 0 spiro atoms. The van der Waals surface area contributed by atoms with E-state index in [0.29, 0.717) is 43.8 Å². The van der Waals surface area contributed by atoms with Gasteiger partial charge in [-0.3, -0.25) is 4.79 Å². The SMILES string of the molecule is CCOc1cc(/C=N\NC(=O)COc2ccc(Cl)cc2Br)ccc1OC(=O)c1cccs1. The summed E-state index contributed by atoms with van der Waals surface area (Å²) in [5.74, 6) is 0.288. The van der Waals surface area contributed by atoms with Crippen LogP contribution in [0.15, 0.2) is 63.5 Å². The zero-order valence-electron chi connectivity index (χ0n) is 16.8. The first-order valence-electron chi connectivity index (χ1n) is 9.38. The summed E-state index contributed by atoms with van der Waals surface area (Å²) < 4.78 is 17.1. The van der Waals surface area contributed by atoms with E-state index in [1.165, 1.54) is 17.6 Å². The van der Waals surface area contributed by atoms with Crippen LogP contribution in [0.5, 0.6) is 17.2 Å². The maximum atomic E-state index is 12.2. The van der Waals surface area contributed by atoms with Gasteiger partial charge in [-0.05, 0) is 76.3 Å². The highest BCUT2D eigenvalue weighted by atomic mass is 79.9. The van der Waals surface area contributed by atoms with Crippen LogP contribution in [0, 0.1) is 0 Å². The summed E-state index contributed by atoms with van der Waals surface area (Å²) in [6.07, 6.45) is 1.45. The van der Waals surface area contributed by atoms with E-state index in [4.69, 9.17) is 25.8 Å². The van der Waals surface area contributed by atoms with Crippen LogP contribution in [-0.4, -0.2) is 31.3 Å². The van der Waals surface area contributed by atoms with Crippen molar-refractivity contribution in [1.82, 2.24) is 5.43 Å². The summed E-state index contributed by atoms with van der Waals surface area (Å²) in [6, 6.07) is 13.4. The molecule has 1 amide bonds. The predicted molar refractivity (Wildman–Crippen MR) is 127 cm³/mol. The molecule has 0 saturated carbocycles. The van der Waals surface area contributed by atoms with Gasteiger partial charge in [-0.1, -0.05) is 17.7 Å². The first-order valence-corrected chi connectivity index (χ1v) is 11.4. The van der Waals surface area contributed by atoms with Gasteiger partial charge < -0.3 is 14.2 Å². The van der Waals surface area contributed by atoms with Gasteiger partial charge in [-0.25, -0.2) is 10.2 Å². The van der Waals surface area contributed by atoms with Crippen LogP contribution in [0.4, 0.5) is 0 Å². The van der Waals surface area contributed by atoms with Gasteiger partial charge in [0.2, 0.25) is 0 Å². The molecule has 0 radical (unpaired) electrons. The lowest BCUT2D eigenvalue weighted by Crippen LogP contribution is -2.24. The van der Waals surface area contributed by atoms with Gasteiger partial charge in [0.25, 0.3) is 5.91 Å². The highest BCUT2D eigenvalue weighted by Gasteiger charge is 2.14. The molecule has 166 valence electrons. The van der Waals surface area contributed by atoms with Crippen molar-refractivity contribution in [2.24, 2.45) is 5.10 Å². The Morgan fingerprint density at radius 1 is 1.12 bits per heavy atom. The fourth-order valence-electron chi connectivity index (χ4n) is 2.45. The van der Waals surface area contributed by atoms with Gasteiger partial charge in [-0.15, -0.1) is 11.3 Å². The molecule has 1 N–H and O–H groups in total. The third kappa shape index (κ3) is 6.81. The van der Waals surface area contributed by atoms with E-state index in [9.17, 15) is 9.59 Å². The molecule has 0 unspecified atom stereocenters. The largest absolute Gasteiger partial charge is 0.490 e. The molecular weight excluding hydrogens is 520 g/mol. The van der Waals surface area contributed by atoms with Gasteiger partial charge in [-0.2, -0.15) is 5.10 Å². The molecule has 0 atom stereocenters. The minimum atomic E-state index is -0.457. The van der Waals surface area contributed by atoms with Crippen molar-refractivity contribution >= 4 is 57.0 Å². The monoisotopic (exact) mass is 536 g/mol. The average molecular weight is 538 g/mol. The van der Waals surface area contributed by atoms with Crippen molar-refractivity contribution in [3.8, 4) is 17.2 Å². The first-order chi connectivity index (χ1) is 15.5. The summed E-state index contributed by atoms with van der Waals surface area (Å²) >= 11 is 10.5. The van der Waals surface area contributed by atoms with Crippen LogP contribution < -0.4 is 19.6 Å². The van der Waals surface area contributed by atoms with Gasteiger partial charge in [0.15, 0.2) is 18.1 Å². The molecule has 0 fully saturated rings. The van der Waals surface area contributed by atoms with Gasteiger partial charge in [0, 0.05) is 5.02 Å². The Morgan fingerprint density at radius 2 is 1.94 bits per heavy atom. The van der Waals surface area contributed by atoms with Crippen molar-refractivity contribution in [2.45, 2.75) is 6.92 Å². The Hall–Kier alpha value is -2.88. The number of nitrogens with zero attached hydrogens (tertiary/aromatic N) is 1. The molecule has 0 aliphatic rings. The molecule has 32 heavy (non-hydrogen) atoms. The zero-order valence-corrected chi connectivity index (χ0v) is 20.0. The van der Waals surface area contributed by atoms with E-state index in [0.717, 1.165) is 0 Å². The molecule has 3 rings (SSSR count). The summed E-state index contributed by atoms with van der Waals surface area (Å²) in [5.41, 5.74) is 3.03. The lowest BCUT2D eigenvalue weighted by molar-refractivity contribution is -0.123. The number of hydrogen-bond acceptors (Lipinski definition) is 7. The third-order valence-electron chi connectivity index (χ3n) is 3.85. The number of thiophene rings is 1. The quantitative estimate of drug-likeness (QED) is 0.173. The zero-order chi connectivity index (χ0) is 22.9. The van der Waals surface area contributed by atoms with Gasteiger partial charge in [0.05, 0.1) is 17.3 Å². The number of benzene rings is 2. The first kappa shape index (κ1) is 23.8. The Labute approximate surface area is 202 Å². The number of halogens is 2. The van der Waals surface area contributed by atoms with E-state index in [1.807, 2.05) is 6.92 Å². The van der Waals surface area contributed by atoms with Gasteiger partial charge in [0.1, 0.15) is 10.6 Å². The number of carbonyl (C=O) groups is 2. The second kappa shape index (κ2) is 11.7. The van der Waals surface area contributed by atoms with Crippen molar-refractivity contribution < 1.29 is 23.8 Å². The van der Waals surface area contributed by atoms with Crippen LogP contribution in [0.3, 0.4) is 0 Å². The summed E-state index contributed by atoms with van der Waals surface area (Å²) in [4.78, 5) is 24.7. The van der Waals surface area contributed by atoms with Gasteiger partial charge >= 0.3 is 5.97 Å². The van der Waals surface area contributed by atoms with Crippen LogP contribution in [-0.2, 0) is 4.79 Å². The normalized spacial score (nSPS) is 10.7. The van der Waals surface area contributed by atoms with E-state index < -0.39 is 11.9 Å². The highest BCUT2D eigenvalue weighted by Crippen LogP contribution is 2.29. The Morgan fingerprint density at radius 3 is 2.66 bits per heavy atom. The maximum absolute atomic E-state index is 12.2. The molecule has 2 aromatic carbocycles. The lowest BCUT2D eigenvalue weighted by Gasteiger charge is -2.11. The number of hydrogen-bond donors (Lipinski definition) is 1. The number of amides is 1. The fourth-order valence-corrected chi connectivity index (χ4v) is 3.85. The maximum Gasteiger partial charge on any atom is 0.353 e. The molecular formula is C22H18BrClN2O5S. The Bertz CT molecular complexity index is 1120. The number of carbonyl (C=O) groups excluding carboxylic acids is 2. The molecule has 3 aromatic rings. The molecule has 1 heterocycles. The van der Waals surface area contributed by atoms with Crippen LogP contribution in [0.2, 0.25) is 5.02 Å². The number of nitrogens with one attached hydrogen (secondary N) is 1. The molecule has 0 aliphatic carbocycles. The van der Waals surface area contributed by atoms with E-state index in [1.54, 1.807) is 53.9 Å². The molecule has 0 saturated heterocycles. The molecule has 10 heteroatoms. The average Bonchev–Trinajstić information content (AvgIpc) is 3.30. The summed E-state index contributed by atoms with van der Waals surface area (Å²) in [6.45, 7) is 1.99. The van der Waals surface area contributed by atoms with E-state index in [-0.39, 0.29) is 6.61 Å². The molecule has 1 aromatic heterocycles. The second-order valence-corrected chi connectivity index (χ2v) is 8.40. The summed E-state index contributed by atoms with van der Waals surface area (Å²) in [7, 11) is 0. The smallest absolute Gasteiger partial charge is 0.353 e. The molecule has 7 nitrogen and oxygen atoms in total. The Balaban J connectivity index is 1.58. The fraction of sp³-hybridized carbons (Fsp3) is 0.136. The number of esters is 1. The topological polar surface area (TPSA) is 86.2 Å².